The molecule has 0 radical (unpaired) electrons. The van der Waals surface area contributed by atoms with Gasteiger partial charge in [0.05, 0.1) is 19.3 Å². The lowest BCUT2D eigenvalue weighted by molar-refractivity contribution is -0.168. The van der Waals surface area contributed by atoms with Crippen LogP contribution >= 0.6 is 0 Å². The molecule has 0 aromatic rings. The van der Waals surface area contributed by atoms with E-state index in [1.54, 1.807) is 8.05 Å². The zero-order valence-electron chi connectivity index (χ0n) is 11.1. The SMILES string of the molecule is BN[C@@H]1C[C@H](OCCOB)[C@H]2OC(C)(C)O[C@H]21. The van der Waals surface area contributed by atoms with E-state index >= 15 is 0 Å². The van der Waals surface area contributed by atoms with Gasteiger partial charge in [-0.1, -0.05) is 0 Å². The van der Waals surface area contributed by atoms with E-state index in [-0.39, 0.29) is 18.3 Å². The molecule has 0 spiro atoms. The van der Waals surface area contributed by atoms with E-state index in [4.69, 9.17) is 18.9 Å². The van der Waals surface area contributed by atoms with Crippen molar-refractivity contribution in [1.29, 1.82) is 0 Å². The van der Waals surface area contributed by atoms with Crippen LogP contribution in [0.2, 0.25) is 0 Å². The maximum absolute atomic E-state index is 5.92. The smallest absolute Gasteiger partial charge is 0.257 e. The average Bonchev–Trinajstić information content (AvgIpc) is 2.73. The maximum Gasteiger partial charge on any atom is 0.257 e. The van der Waals surface area contributed by atoms with Crippen LogP contribution in [0.4, 0.5) is 0 Å². The molecule has 0 aromatic carbocycles. The van der Waals surface area contributed by atoms with Crippen molar-refractivity contribution in [2.75, 3.05) is 13.2 Å². The Hall–Kier alpha value is -0.0701. The number of ether oxygens (including phenoxy) is 3. The molecule has 1 saturated carbocycles. The Kier molecular flexibility index (Phi) is 4.15. The molecule has 1 aliphatic carbocycles. The molecule has 1 saturated heterocycles. The lowest BCUT2D eigenvalue weighted by Crippen LogP contribution is -2.38. The van der Waals surface area contributed by atoms with Crippen LogP contribution in [0, 0.1) is 0 Å². The fourth-order valence-corrected chi connectivity index (χ4v) is 2.66. The largest absolute Gasteiger partial charge is 0.442 e. The van der Waals surface area contributed by atoms with Crippen molar-refractivity contribution in [2.45, 2.75) is 50.4 Å². The topological polar surface area (TPSA) is 49.0 Å². The van der Waals surface area contributed by atoms with Gasteiger partial charge in [0, 0.05) is 6.04 Å². The Bertz CT molecular complexity index is 267. The van der Waals surface area contributed by atoms with Crippen LogP contribution in [0.3, 0.4) is 0 Å². The second kappa shape index (κ2) is 5.28. The predicted molar refractivity (Wildman–Crippen MR) is 68.1 cm³/mol. The summed E-state index contributed by atoms with van der Waals surface area (Å²) in [7, 11) is 3.63. The van der Waals surface area contributed by atoms with Crippen molar-refractivity contribution in [1.82, 2.24) is 5.23 Å². The summed E-state index contributed by atoms with van der Waals surface area (Å²) >= 11 is 0. The van der Waals surface area contributed by atoms with Gasteiger partial charge in [-0.3, -0.25) is 0 Å². The molecular formula is C10H21B2NO4. The van der Waals surface area contributed by atoms with E-state index in [1.165, 1.54) is 0 Å². The van der Waals surface area contributed by atoms with Crippen LogP contribution in [0.25, 0.3) is 0 Å². The quantitative estimate of drug-likeness (QED) is 0.462. The van der Waals surface area contributed by atoms with Crippen LogP contribution < -0.4 is 5.23 Å². The molecule has 2 rings (SSSR count). The van der Waals surface area contributed by atoms with Gasteiger partial charge >= 0.3 is 0 Å². The molecule has 5 nitrogen and oxygen atoms in total. The number of hydrogen-bond acceptors (Lipinski definition) is 5. The highest BCUT2D eigenvalue weighted by molar-refractivity contribution is 6.04. The number of fused-ring (bicyclic) bond motifs is 1. The highest BCUT2D eigenvalue weighted by Gasteiger charge is 2.53. The van der Waals surface area contributed by atoms with Gasteiger partial charge in [-0.25, -0.2) is 0 Å². The first-order chi connectivity index (χ1) is 8.07. The maximum atomic E-state index is 5.92. The Balaban J connectivity index is 1.95. The predicted octanol–water partition coefficient (Wildman–Crippen LogP) is -1.63. The molecule has 0 bridgehead atoms. The summed E-state index contributed by atoms with van der Waals surface area (Å²) in [5, 5.41) is 3.28. The molecule has 96 valence electrons. The fraction of sp³-hybridized carbons (Fsp3) is 1.00. The lowest BCUT2D eigenvalue weighted by atomic mass is 10.1. The number of rotatable bonds is 5. The summed E-state index contributed by atoms with van der Waals surface area (Å²) in [6, 6.07) is 0.300. The molecular weight excluding hydrogens is 220 g/mol. The van der Waals surface area contributed by atoms with Crippen molar-refractivity contribution < 1.29 is 18.9 Å². The molecule has 4 atom stereocenters. The first kappa shape index (κ1) is 13.4. The third-order valence-electron chi connectivity index (χ3n) is 3.40. The van der Waals surface area contributed by atoms with Crippen molar-refractivity contribution in [3.63, 3.8) is 0 Å². The second-order valence-corrected chi connectivity index (χ2v) is 5.10. The van der Waals surface area contributed by atoms with Crippen molar-refractivity contribution in [2.24, 2.45) is 0 Å². The molecule has 17 heavy (non-hydrogen) atoms. The molecule has 2 fully saturated rings. The third kappa shape index (κ3) is 2.85. The van der Waals surface area contributed by atoms with Crippen LogP contribution in [0.15, 0.2) is 0 Å². The summed E-state index contributed by atoms with van der Waals surface area (Å²) in [5.41, 5.74) is 0. The van der Waals surface area contributed by atoms with E-state index in [9.17, 15) is 0 Å². The van der Waals surface area contributed by atoms with E-state index in [1.807, 2.05) is 21.8 Å². The van der Waals surface area contributed by atoms with Crippen molar-refractivity contribution in [3.8, 4) is 0 Å². The highest BCUT2D eigenvalue weighted by Crippen LogP contribution is 2.39. The summed E-state index contributed by atoms with van der Waals surface area (Å²) in [6.07, 6.45) is 1.13. The number of hydrogen-bond donors (Lipinski definition) is 1. The standard InChI is InChI=1S/C10H21B2NO4/c1-10(2)16-8-6(13-11)5-7(9(8)17-10)14-3-4-15-12/h6-9,13H,3-5,11-12H2,1-2H3/t6-,7+,8+,9-/m1/s1. The van der Waals surface area contributed by atoms with Crippen molar-refractivity contribution in [3.05, 3.63) is 0 Å². The molecule has 0 unspecified atom stereocenters. The molecule has 1 heterocycles. The Morgan fingerprint density at radius 1 is 1.29 bits per heavy atom. The minimum atomic E-state index is -0.506. The number of nitrogens with one attached hydrogen (secondary N) is 1. The van der Waals surface area contributed by atoms with E-state index < -0.39 is 5.79 Å². The molecule has 7 heteroatoms. The van der Waals surface area contributed by atoms with Gasteiger partial charge in [-0.05, 0) is 20.3 Å². The van der Waals surface area contributed by atoms with E-state index in [0.29, 0.717) is 19.3 Å². The van der Waals surface area contributed by atoms with Crippen molar-refractivity contribution >= 4 is 16.0 Å². The minimum absolute atomic E-state index is 0.0271. The summed E-state index contributed by atoms with van der Waals surface area (Å²) in [6.45, 7) is 5.11. The van der Waals surface area contributed by atoms with Crippen LogP contribution in [0.5, 0.6) is 0 Å². The first-order valence-electron chi connectivity index (χ1n) is 6.21. The summed E-state index contributed by atoms with van der Waals surface area (Å²) in [4.78, 5) is 0. The van der Waals surface area contributed by atoms with E-state index in [0.717, 1.165) is 6.42 Å². The minimum Gasteiger partial charge on any atom is -0.442 e. The zero-order valence-corrected chi connectivity index (χ0v) is 11.1. The van der Waals surface area contributed by atoms with Gasteiger partial charge in [-0.2, -0.15) is 0 Å². The van der Waals surface area contributed by atoms with Gasteiger partial charge in [0.1, 0.15) is 12.2 Å². The molecule has 0 amide bonds. The molecule has 0 aromatic heterocycles. The molecule has 1 N–H and O–H groups in total. The van der Waals surface area contributed by atoms with Gasteiger partial charge in [-0.15, -0.1) is 0 Å². The fourth-order valence-electron chi connectivity index (χ4n) is 2.66. The van der Waals surface area contributed by atoms with Gasteiger partial charge < -0.3 is 24.1 Å². The Morgan fingerprint density at radius 2 is 2.00 bits per heavy atom. The van der Waals surface area contributed by atoms with Crippen LogP contribution in [-0.2, 0) is 18.9 Å². The molecule has 1 aliphatic heterocycles. The lowest BCUT2D eigenvalue weighted by Gasteiger charge is -2.23. The summed E-state index contributed by atoms with van der Waals surface area (Å²) in [5.74, 6) is -0.506. The monoisotopic (exact) mass is 241 g/mol. The van der Waals surface area contributed by atoms with Crippen LogP contribution in [-0.4, -0.2) is 59.4 Å². The molecule has 2 aliphatic rings. The summed E-state index contributed by atoms with van der Waals surface area (Å²) < 4.78 is 22.6. The average molecular weight is 241 g/mol. The van der Waals surface area contributed by atoms with E-state index in [2.05, 4.69) is 5.23 Å². The zero-order chi connectivity index (χ0) is 12.5. The second-order valence-electron chi connectivity index (χ2n) is 5.10. The Labute approximate surface area is 104 Å². The van der Waals surface area contributed by atoms with Gasteiger partial charge in [0.2, 0.25) is 0 Å². The highest BCUT2D eigenvalue weighted by atomic mass is 16.8. The normalized spacial score (nSPS) is 39.4. The Morgan fingerprint density at radius 3 is 2.65 bits per heavy atom. The van der Waals surface area contributed by atoms with Gasteiger partial charge in [0.15, 0.2) is 13.8 Å². The third-order valence-corrected chi connectivity index (χ3v) is 3.40. The first-order valence-corrected chi connectivity index (χ1v) is 6.21. The van der Waals surface area contributed by atoms with Crippen LogP contribution in [0.1, 0.15) is 20.3 Å². The van der Waals surface area contributed by atoms with Gasteiger partial charge in [0.25, 0.3) is 8.05 Å².